The van der Waals surface area contributed by atoms with E-state index in [9.17, 15) is 13.6 Å². The number of guanidine groups is 1. The van der Waals surface area contributed by atoms with Gasteiger partial charge in [-0.05, 0) is 29.8 Å². The van der Waals surface area contributed by atoms with E-state index in [1.807, 2.05) is 0 Å². The van der Waals surface area contributed by atoms with Crippen LogP contribution in [-0.2, 0) is 10.3 Å². The fraction of sp³-hybridized carbons (Fsp3) is 0.158. The molecule has 0 fully saturated rings. The first kappa shape index (κ1) is 19.0. The van der Waals surface area contributed by atoms with Gasteiger partial charge in [0, 0.05) is 41.2 Å². The van der Waals surface area contributed by atoms with E-state index in [-0.39, 0.29) is 17.1 Å². The van der Waals surface area contributed by atoms with E-state index in [4.69, 9.17) is 21.8 Å². The number of benzene rings is 1. The molecule has 1 amide bonds. The molecule has 4 rings (SSSR count). The van der Waals surface area contributed by atoms with Crippen LogP contribution in [0, 0.1) is 0 Å². The van der Waals surface area contributed by atoms with Crippen molar-refractivity contribution in [1.82, 2.24) is 14.9 Å². The number of oxazole rings is 1. The molecule has 0 saturated heterocycles. The van der Waals surface area contributed by atoms with Crippen molar-refractivity contribution in [1.29, 1.82) is 0 Å². The summed E-state index contributed by atoms with van der Waals surface area (Å²) in [5, 5.41) is 0.300. The summed E-state index contributed by atoms with van der Waals surface area (Å²) in [6.45, 7) is 0. The Morgan fingerprint density at radius 2 is 2.00 bits per heavy atom. The number of halogens is 3. The number of carbonyl (C=O) groups is 1. The van der Waals surface area contributed by atoms with Crippen LogP contribution in [0.5, 0.6) is 0 Å². The van der Waals surface area contributed by atoms with Gasteiger partial charge >= 0.3 is 0 Å². The van der Waals surface area contributed by atoms with Crippen molar-refractivity contribution in [3.63, 3.8) is 0 Å². The molecule has 2 aromatic heterocycles. The molecule has 3 aromatic rings. The fourth-order valence-corrected chi connectivity index (χ4v) is 3.50. The Morgan fingerprint density at radius 1 is 1.21 bits per heavy atom. The Morgan fingerprint density at radius 3 is 2.62 bits per heavy atom. The largest absolute Gasteiger partial charge is 0.451 e. The number of alkyl halides is 2. The first-order valence-corrected chi connectivity index (χ1v) is 8.77. The van der Waals surface area contributed by atoms with Gasteiger partial charge in [0.2, 0.25) is 0 Å². The maximum atomic E-state index is 13.3. The average Bonchev–Trinajstić information content (AvgIpc) is 3.32. The van der Waals surface area contributed by atoms with E-state index in [1.54, 1.807) is 12.1 Å². The summed E-state index contributed by atoms with van der Waals surface area (Å²) in [5.41, 5.74) is 5.41. The van der Waals surface area contributed by atoms with Crippen LogP contribution in [0.15, 0.2) is 58.7 Å². The van der Waals surface area contributed by atoms with Crippen molar-refractivity contribution >= 4 is 23.5 Å². The van der Waals surface area contributed by atoms with E-state index in [2.05, 4.69) is 15.0 Å². The van der Waals surface area contributed by atoms with Crippen molar-refractivity contribution in [2.24, 2.45) is 10.7 Å². The molecule has 1 unspecified atom stereocenters. The third kappa shape index (κ3) is 3.03. The van der Waals surface area contributed by atoms with Crippen LogP contribution in [0.3, 0.4) is 0 Å². The minimum absolute atomic E-state index is 0.0552. The molecule has 1 aromatic carbocycles. The predicted octanol–water partition coefficient (Wildman–Crippen LogP) is 3.36. The lowest BCUT2D eigenvalue weighted by Gasteiger charge is -2.26. The van der Waals surface area contributed by atoms with Crippen molar-refractivity contribution in [2.45, 2.75) is 12.0 Å². The summed E-state index contributed by atoms with van der Waals surface area (Å²) < 4.78 is 31.6. The summed E-state index contributed by atoms with van der Waals surface area (Å²) in [5.74, 6) is -0.572. The molecule has 29 heavy (non-hydrogen) atoms. The van der Waals surface area contributed by atoms with Gasteiger partial charge in [-0.15, -0.1) is 0 Å². The minimum atomic E-state index is -2.76. The van der Waals surface area contributed by atoms with Gasteiger partial charge in [-0.25, -0.2) is 18.8 Å². The van der Waals surface area contributed by atoms with Crippen LogP contribution in [0.2, 0.25) is 5.02 Å². The molecule has 0 spiro atoms. The lowest BCUT2D eigenvalue weighted by molar-refractivity contribution is -0.129. The van der Waals surface area contributed by atoms with Gasteiger partial charge in [-0.3, -0.25) is 14.7 Å². The third-order valence-electron chi connectivity index (χ3n) is 4.71. The first-order valence-electron chi connectivity index (χ1n) is 8.39. The van der Waals surface area contributed by atoms with E-state index in [0.29, 0.717) is 21.8 Å². The molecular weight excluding hydrogens is 404 g/mol. The second-order valence-electron chi connectivity index (χ2n) is 6.45. The van der Waals surface area contributed by atoms with Crippen LogP contribution in [-0.4, -0.2) is 33.8 Å². The van der Waals surface area contributed by atoms with Gasteiger partial charge in [0.15, 0.2) is 17.9 Å². The molecule has 0 saturated carbocycles. The number of rotatable bonds is 4. The van der Waals surface area contributed by atoms with Gasteiger partial charge < -0.3 is 10.2 Å². The van der Waals surface area contributed by atoms with Crippen molar-refractivity contribution in [2.75, 3.05) is 7.05 Å². The number of hydrogen-bond donors (Lipinski definition) is 1. The summed E-state index contributed by atoms with van der Waals surface area (Å²) in [7, 11) is 1.45. The highest BCUT2D eigenvalue weighted by atomic mass is 35.5. The Labute approximate surface area is 168 Å². The highest BCUT2D eigenvalue weighted by Crippen LogP contribution is 2.42. The molecule has 2 N–H and O–H groups in total. The number of likely N-dealkylation sites (N-methyl/N-ethyl adjacent to an activating group) is 1. The van der Waals surface area contributed by atoms with Crippen LogP contribution in [0.1, 0.15) is 23.1 Å². The number of nitrogens with zero attached hydrogens (tertiary/aromatic N) is 4. The van der Waals surface area contributed by atoms with Crippen molar-refractivity contribution in [3.8, 4) is 11.3 Å². The second kappa shape index (κ2) is 6.93. The number of amides is 1. The fourth-order valence-electron chi connectivity index (χ4n) is 3.26. The topological polar surface area (TPSA) is 97.6 Å². The molecule has 1 aliphatic heterocycles. The molecule has 1 aliphatic rings. The highest BCUT2D eigenvalue weighted by molar-refractivity contribution is 6.31. The maximum absolute atomic E-state index is 13.3. The van der Waals surface area contributed by atoms with E-state index >= 15 is 0 Å². The molecule has 10 heteroatoms. The number of aliphatic imine (C=N–C) groups is 1. The first-order chi connectivity index (χ1) is 13.8. The van der Waals surface area contributed by atoms with Gasteiger partial charge in [0.1, 0.15) is 12.0 Å². The Bertz CT molecular complexity index is 1120. The zero-order valence-corrected chi connectivity index (χ0v) is 15.8. The number of aromatic nitrogens is 2. The number of pyridine rings is 1. The van der Waals surface area contributed by atoms with Crippen LogP contribution in [0.25, 0.3) is 11.3 Å². The van der Waals surface area contributed by atoms with Gasteiger partial charge in [0.25, 0.3) is 12.3 Å². The summed E-state index contributed by atoms with van der Waals surface area (Å²) in [4.78, 5) is 26.8. The standard InChI is InChI=1S/C19H14ClF2N5O2/c1-27-17(28)19(26-18(27)23,13-3-11(16(21)22)6-24-7-13)12-2-10(4-14(20)5-12)15-8-29-9-25-15/h2-9,16H,1H3,(H2,23,26). The molecule has 0 radical (unpaired) electrons. The Kier molecular flexibility index (Phi) is 4.54. The zero-order chi connectivity index (χ0) is 20.8. The molecule has 1 atom stereocenters. The third-order valence-corrected chi connectivity index (χ3v) is 4.93. The summed E-state index contributed by atoms with van der Waals surface area (Å²) in [6.07, 6.45) is 2.26. The number of hydrogen-bond acceptors (Lipinski definition) is 6. The SMILES string of the molecule is CN1C(=O)C(c2cc(Cl)cc(-c3cocn3)c2)(c2cncc(C(F)F)c2)N=C1N. The molecule has 0 aliphatic carbocycles. The lowest BCUT2D eigenvalue weighted by Crippen LogP contribution is -2.41. The molecule has 3 heterocycles. The predicted molar refractivity (Wildman–Crippen MR) is 101 cm³/mol. The van der Waals surface area contributed by atoms with Crippen LogP contribution < -0.4 is 5.73 Å². The highest BCUT2D eigenvalue weighted by Gasteiger charge is 2.50. The minimum Gasteiger partial charge on any atom is -0.451 e. The smallest absolute Gasteiger partial charge is 0.266 e. The molecule has 148 valence electrons. The molecular formula is C19H14ClF2N5O2. The van der Waals surface area contributed by atoms with Gasteiger partial charge in [0.05, 0.1) is 0 Å². The summed E-state index contributed by atoms with van der Waals surface area (Å²) >= 11 is 6.30. The summed E-state index contributed by atoms with van der Waals surface area (Å²) in [6, 6.07) is 6.02. The van der Waals surface area contributed by atoms with Crippen molar-refractivity contribution < 1.29 is 18.0 Å². The Balaban J connectivity index is 1.99. The second-order valence-corrected chi connectivity index (χ2v) is 6.89. The van der Waals surface area contributed by atoms with Crippen molar-refractivity contribution in [3.05, 3.63) is 71.0 Å². The maximum Gasteiger partial charge on any atom is 0.266 e. The van der Waals surface area contributed by atoms with Crippen LogP contribution in [0.4, 0.5) is 8.78 Å². The lowest BCUT2D eigenvalue weighted by atomic mass is 9.82. The quantitative estimate of drug-likeness (QED) is 0.702. The van der Waals surface area contributed by atoms with E-state index in [0.717, 1.165) is 11.1 Å². The van der Waals surface area contributed by atoms with Gasteiger partial charge in [-0.2, -0.15) is 0 Å². The number of carbonyl (C=O) groups excluding carboxylic acids is 1. The average molecular weight is 418 g/mol. The monoisotopic (exact) mass is 417 g/mol. The van der Waals surface area contributed by atoms with E-state index < -0.39 is 17.9 Å². The Hall–Kier alpha value is -3.33. The molecule has 7 nitrogen and oxygen atoms in total. The normalized spacial score (nSPS) is 19.1. The zero-order valence-electron chi connectivity index (χ0n) is 15.0. The van der Waals surface area contributed by atoms with Crippen LogP contribution >= 0.6 is 11.6 Å². The molecule has 0 bridgehead atoms. The van der Waals surface area contributed by atoms with E-state index in [1.165, 1.54) is 38.0 Å². The number of nitrogens with two attached hydrogens (primary N) is 1. The van der Waals surface area contributed by atoms with Gasteiger partial charge in [-0.1, -0.05) is 11.6 Å².